The minimum atomic E-state index is -3.82. The van der Waals surface area contributed by atoms with E-state index in [-0.39, 0.29) is 22.9 Å². The maximum absolute atomic E-state index is 13.5. The topological polar surface area (TPSA) is 97.3 Å². The largest absolute Gasteiger partial charge is 0.489 e. The Morgan fingerprint density at radius 2 is 1.72 bits per heavy atom. The molecule has 0 bridgehead atoms. The maximum Gasteiger partial charge on any atom is 0.255 e. The Morgan fingerprint density at radius 3 is 2.42 bits per heavy atom. The Balaban J connectivity index is 1.44. The second-order valence-corrected chi connectivity index (χ2v) is 12.3. The number of aryl methyl sites for hydroxylation is 1. The van der Waals surface area contributed by atoms with Gasteiger partial charge in [0.05, 0.1) is 30.9 Å². The summed E-state index contributed by atoms with van der Waals surface area (Å²) in [5.74, 6) is 0.818. The van der Waals surface area contributed by atoms with Crippen LogP contribution in [0.3, 0.4) is 0 Å². The summed E-state index contributed by atoms with van der Waals surface area (Å²) >= 11 is 0. The smallest absolute Gasteiger partial charge is 0.255 e. The fourth-order valence-electron chi connectivity index (χ4n) is 4.41. The number of hydrazone groups is 1. The standard InChI is InChI=1S/C27H35N3O5S/c1-20-9-12-23(13-10-20)36(32,33)30(22-7-5-4-6-8-22)17-26(31)29-28-16-21-11-14-24-25(15-21)35-19-27(2,3)18-34-24/h9-16,22H,4-8,17-19H2,1-3H3,(H,29,31)/b28-16+. The number of ether oxygens (including phenoxy) is 2. The summed E-state index contributed by atoms with van der Waals surface area (Å²) in [6.07, 6.45) is 5.98. The lowest BCUT2D eigenvalue weighted by atomic mass is 9.95. The number of rotatable bonds is 7. The second kappa shape index (κ2) is 11.0. The van der Waals surface area contributed by atoms with E-state index in [9.17, 15) is 13.2 Å². The zero-order valence-electron chi connectivity index (χ0n) is 21.2. The average molecular weight is 514 g/mol. The minimum absolute atomic E-state index is 0.0929. The molecule has 2 aliphatic rings. The summed E-state index contributed by atoms with van der Waals surface area (Å²) in [6.45, 7) is 6.87. The SMILES string of the molecule is Cc1ccc(S(=O)(=O)N(CC(=O)N/N=C/c2ccc3c(c2)OCC(C)(C)CO3)C2CCCCC2)cc1. The number of carbonyl (C=O) groups is 1. The molecule has 1 aliphatic carbocycles. The van der Waals surface area contributed by atoms with Gasteiger partial charge in [-0.2, -0.15) is 9.41 Å². The molecule has 0 unspecified atom stereocenters. The summed E-state index contributed by atoms with van der Waals surface area (Å²) in [6, 6.07) is 12.0. The minimum Gasteiger partial charge on any atom is -0.489 e. The van der Waals surface area contributed by atoms with Crippen LogP contribution in [0.15, 0.2) is 52.5 Å². The first-order valence-corrected chi connectivity index (χ1v) is 13.9. The number of nitrogens with one attached hydrogen (secondary N) is 1. The molecule has 4 rings (SSSR count). The van der Waals surface area contributed by atoms with Gasteiger partial charge in [0.25, 0.3) is 5.91 Å². The van der Waals surface area contributed by atoms with E-state index in [1.807, 2.05) is 25.1 Å². The maximum atomic E-state index is 13.5. The van der Waals surface area contributed by atoms with Crippen molar-refractivity contribution in [1.29, 1.82) is 0 Å². The molecular weight excluding hydrogens is 478 g/mol. The van der Waals surface area contributed by atoms with E-state index in [1.54, 1.807) is 24.3 Å². The molecule has 1 aliphatic heterocycles. The van der Waals surface area contributed by atoms with Crippen molar-refractivity contribution in [3.8, 4) is 11.5 Å². The Bertz CT molecular complexity index is 1200. The predicted molar refractivity (Wildman–Crippen MR) is 139 cm³/mol. The van der Waals surface area contributed by atoms with Gasteiger partial charge in [0, 0.05) is 11.5 Å². The number of amides is 1. The van der Waals surface area contributed by atoms with Gasteiger partial charge in [-0.05, 0) is 55.7 Å². The highest BCUT2D eigenvalue weighted by molar-refractivity contribution is 7.89. The fourth-order valence-corrected chi connectivity index (χ4v) is 6.05. The summed E-state index contributed by atoms with van der Waals surface area (Å²) in [5, 5.41) is 4.06. The molecule has 1 heterocycles. The predicted octanol–water partition coefficient (Wildman–Crippen LogP) is 4.27. The van der Waals surface area contributed by atoms with Gasteiger partial charge in [-0.3, -0.25) is 4.79 Å². The van der Waals surface area contributed by atoms with Crippen LogP contribution in [0.4, 0.5) is 0 Å². The fraction of sp³-hybridized carbons (Fsp3) is 0.481. The number of carbonyl (C=O) groups excluding carboxylic acids is 1. The van der Waals surface area contributed by atoms with Crippen molar-refractivity contribution in [1.82, 2.24) is 9.73 Å². The van der Waals surface area contributed by atoms with Gasteiger partial charge < -0.3 is 9.47 Å². The molecule has 0 atom stereocenters. The molecule has 1 amide bonds. The van der Waals surface area contributed by atoms with Crippen molar-refractivity contribution in [2.45, 2.75) is 63.8 Å². The normalized spacial score (nSPS) is 18.2. The molecule has 36 heavy (non-hydrogen) atoms. The number of sulfonamides is 1. The van der Waals surface area contributed by atoms with Gasteiger partial charge in [-0.25, -0.2) is 13.8 Å². The first kappa shape index (κ1) is 26.2. The molecule has 0 radical (unpaired) electrons. The van der Waals surface area contributed by atoms with Gasteiger partial charge >= 0.3 is 0 Å². The van der Waals surface area contributed by atoms with E-state index in [0.717, 1.165) is 43.2 Å². The molecule has 2 aromatic carbocycles. The average Bonchev–Trinajstić information content (AvgIpc) is 3.01. The van der Waals surface area contributed by atoms with Crippen molar-refractivity contribution >= 4 is 22.1 Å². The van der Waals surface area contributed by atoms with Crippen LogP contribution in [0.5, 0.6) is 11.5 Å². The van der Waals surface area contributed by atoms with Crippen LogP contribution < -0.4 is 14.9 Å². The summed E-state index contributed by atoms with van der Waals surface area (Å²) in [7, 11) is -3.82. The van der Waals surface area contributed by atoms with Gasteiger partial charge in [0.2, 0.25) is 10.0 Å². The number of fused-ring (bicyclic) bond motifs is 1. The quantitative estimate of drug-likeness (QED) is 0.441. The van der Waals surface area contributed by atoms with Crippen LogP contribution in [0.2, 0.25) is 0 Å². The molecule has 194 valence electrons. The number of nitrogens with zero attached hydrogens (tertiary/aromatic N) is 2. The van der Waals surface area contributed by atoms with E-state index < -0.39 is 15.9 Å². The zero-order chi connectivity index (χ0) is 25.8. The Kier molecular flexibility index (Phi) is 8.00. The highest BCUT2D eigenvalue weighted by atomic mass is 32.2. The van der Waals surface area contributed by atoms with Crippen LogP contribution in [0.1, 0.15) is 57.1 Å². The summed E-state index contributed by atoms with van der Waals surface area (Å²) in [5.41, 5.74) is 4.10. The van der Waals surface area contributed by atoms with Crippen LogP contribution >= 0.6 is 0 Å². The van der Waals surface area contributed by atoms with Crippen molar-refractivity contribution in [3.63, 3.8) is 0 Å². The lowest BCUT2D eigenvalue weighted by Crippen LogP contribution is -2.46. The van der Waals surface area contributed by atoms with Gasteiger partial charge in [-0.1, -0.05) is 50.8 Å². The molecule has 8 nitrogen and oxygen atoms in total. The molecule has 9 heteroatoms. The lowest BCUT2D eigenvalue weighted by molar-refractivity contribution is -0.121. The van der Waals surface area contributed by atoms with Crippen LogP contribution in [-0.4, -0.2) is 50.6 Å². The van der Waals surface area contributed by atoms with Crippen molar-refractivity contribution < 1.29 is 22.7 Å². The lowest BCUT2D eigenvalue weighted by Gasteiger charge is -2.32. The zero-order valence-corrected chi connectivity index (χ0v) is 22.0. The number of benzene rings is 2. The van der Waals surface area contributed by atoms with Gasteiger partial charge in [-0.15, -0.1) is 0 Å². The Morgan fingerprint density at radius 1 is 1.06 bits per heavy atom. The van der Waals surface area contributed by atoms with Crippen LogP contribution in [0, 0.1) is 12.3 Å². The molecule has 1 saturated carbocycles. The van der Waals surface area contributed by atoms with Crippen molar-refractivity contribution in [2.75, 3.05) is 19.8 Å². The Hall–Kier alpha value is -2.91. The molecule has 0 saturated heterocycles. The monoisotopic (exact) mass is 513 g/mol. The van der Waals surface area contributed by atoms with Crippen molar-refractivity contribution in [3.05, 3.63) is 53.6 Å². The van der Waals surface area contributed by atoms with E-state index in [2.05, 4.69) is 24.4 Å². The van der Waals surface area contributed by atoms with E-state index in [1.165, 1.54) is 10.5 Å². The van der Waals surface area contributed by atoms with Gasteiger partial charge in [0.1, 0.15) is 0 Å². The van der Waals surface area contributed by atoms with Crippen molar-refractivity contribution in [2.24, 2.45) is 10.5 Å². The molecule has 0 aromatic heterocycles. The van der Waals surface area contributed by atoms with E-state index in [0.29, 0.717) is 24.7 Å². The number of hydrogen-bond donors (Lipinski definition) is 1. The first-order chi connectivity index (χ1) is 17.1. The highest BCUT2D eigenvalue weighted by Crippen LogP contribution is 2.34. The van der Waals surface area contributed by atoms with E-state index >= 15 is 0 Å². The first-order valence-electron chi connectivity index (χ1n) is 12.4. The van der Waals surface area contributed by atoms with Gasteiger partial charge in [0.15, 0.2) is 11.5 Å². The third-order valence-electron chi connectivity index (χ3n) is 6.52. The Labute approximate surface area is 213 Å². The highest BCUT2D eigenvalue weighted by Gasteiger charge is 2.34. The molecule has 1 fully saturated rings. The molecular formula is C27H35N3O5S. The molecule has 0 spiro atoms. The van der Waals surface area contributed by atoms with Crippen LogP contribution in [-0.2, 0) is 14.8 Å². The number of hydrogen-bond acceptors (Lipinski definition) is 6. The summed E-state index contributed by atoms with van der Waals surface area (Å²) < 4.78 is 40.0. The molecule has 1 N–H and O–H groups in total. The third kappa shape index (κ3) is 6.44. The van der Waals surface area contributed by atoms with Crippen LogP contribution in [0.25, 0.3) is 0 Å². The third-order valence-corrected chi connectivity index (χ3v) is 8.43. The second-order valence-electron chi connectivity index (χ2n) is 10.4. The van der Waals surface area contributed by atoms with E-state index in [4.69, 9.17) is 9.47 Å². The molecule has 2 aromatic rings. The summed E-state index contributed by atoms with van der Waals surface area (Å²) in [4.78, 5) is 13.0.